The summed E-state index contributed by atoms with van der Waals surface area (Å²) < 4.78 is 5.16. The van der Waals surface area contributed by atoms with Crippen LogP contribution in [-0.4, -0.2) is 47.7 Å². The first-order valence-electron chi connectivity index (χ1n) is 6.94. The van der Waals surface area contributed by atoms with Gasteiger partial charge in [-0.3, -0.25) is 4.79 Å². The van der Waals surface area contributed by atoms with Crippen molar-refractivity contribution < 1.29 is 19.4 Å². The number of aliphatic carboxylic acids is 1. The molecule has 5 nitrogen and oxygen atoms in total. The van der Waals surface area contributed by atoms with Crippen LogP contribution in [0.2, 0.25) is 5.02 Å². The third-order valence-electron chi connectivity index (χ3n) is 4.08. The molecule has 0 radical (unpaired) electrons. The highest BCUT2D eigenvalue weighted by Crippen LogP contribution is 2.49. The Kier molecular flexibility index (Phi) is 3.87. The van der Waals surface area contributed by atoms with Crippen LogP contribution < -0.4 is 0 Å². The molecule has 1 aliphatic heterocycles. The number of carboxylic acid groups (broad SMARTS) is 1. The summed E-state index contributed by atoms with van der Waals surface area (Å²) in [4.78, 5) is 25.2. The number of rotatable bonds is 3. The molecule has 112 valence electrons. The zero-order valence-corrected chi connectivity index (χ0v) is 12.1. The predicted molar refractivity (Wildman–Crippen MR) is 76.3 cm³/mol. The summed E-state index contributed by atoms with van der Waals surface area (Å²) in [6.45, 7) is 0.800. The molecule has 1 aliphatic carbocycles. The number of ether oxygens (including phenoxy) is 1. The summed E-state index contributed by atoms with van der Waals surface area (Å²) in [6.07, 6.45) is 0.753. The van der Waals surface area contributed by atoms with Crippen LogP contribution >= 0.6 is 11.6 Å². The monoisotopic (exact) mass is 309 g/mol. The molecule has 21 heavy (non-hydrogen) atoms. The number of carbonyl (C=O) groups excluding carboxylic acids is 1. The summed E-state index contributed by atoms with van der Waals surface area (Å²) in [5.74, 6) is -1.09. The lowest BCUT2D eigenvalue weighted by atomic mass is 10.1. The van der Waals surface area contributed by atoms with E-state index < -0.39 is 12.0 Å². The van der Waals surface area contributed by atoms with Gasteiger partial charge in [-0.05, 0) is 30.0 Å². The van der Waals surface area contributed by atoms with Gasteiger partial charge < -0.3 is 14.7 Å². The van der Waals surface area contributed by atoms with E-state index in [1.807, 2.05) is 18.2 Å². The van der Waals surface area contributed by atoms with E-state index in [2.05, 4.69) is 0 Å². The molecule has 1 N–H and O–H groups in total. The number of nitrogens with zero attached hydrogens (tertiary/aromatic N) is 1. The third-order valence-corrected chi connectivity index (χ3v) is 4.32. The molecule has 0 bridgehead atoms. The van der Waals surface area contributed by atoms with Gasteiger partial charge in [-0.1, -0.05) is 23.7 Å². The van der Waals surface area contributed by atoms with Crippen LogP contribution in [0.1, 0.15) is 17.9 Å². The van der Waals surface area contributed by atoms with Crippen molar-refractivity contribution >= 4 is 23.5 Å². The van der Waals surface area contributed by atoms with E-state index in [0.717, 1.165) is 12.0 Å². The molecular weight excluding hydrogens is 294 g/mol. The van der Waals surface area contributed by atoms with Gasteiger partial charge in [0.1, 0.15) is 0 Å². The molecule has 6 heteroatoms. The lowest BCUT2D eigenvalue weighted by Crippen LogP contribution is -2.53. The van der Waals surface area contributed by atoms with Gasteiger partial charge >= 0.3 is 5.97 Å². The summed E-state index contributed by atoms with van der Waals surface area (Å²) in [5, 5.41) is 9.84. The third kappa shape index (κ3) is 2.89. The Bertz CT molecular complexity index is 577. The van der Waals surface area contributed by atoms with Crippen molar-refractivity contribution in [2.24, 2.45) is 5.92 Å². The quantitative estimate of drug-likeness (QED) is 0.924. The maximum atomic E-state index is 12.5. The smallest absolute Gasteiger partial charge is 0.328 e. The zero-order valence-electron chi connectivity index (χ0n) is 11.4. The normalized spacial score (nSPS) is 28.2. The molecule has 3 rings (SSSR count). The largest absolute Gasteiger partial charge is 0.480 e. The van der Waals surface area contributed by atoms with Crippen molar-refractivity contribution in [3.05, 3.63) is 34.9 Å². The average molecular weight is 310 g/mol. The molecule has 1 saturated heterocycles. The Balaban J connectivity index is 1.70. The Labute approximate surface area is 127 Å². The highest BCUT2D eigenvalue weighted by atomic mass is 35.5. The first-order valence-corrected chi connectivity index (χ1v) is 7.32. The number of morpholine rings is 1. The molecule has 2 fully saturated rings. The molecule has 0 spiro atoms. The second kappa shape index (κ2) is 5.66. The van der Waals surface area contributed by atoms with Gasteiger partial charge in [0.15, 0.2) is 6.04 Å². The first kappa shape index (κ1) is 14.4. The van der Waals surface area contributed by atoms with Crippen LogP contribution in [0.5, 0.6) is 0 Å². The number of amides is 1. The SMILES string of the molecule is O=C(O)[C@@H]1COCCN1C(=O)[C@H]1C[C@H]1c1cccc(Cl)c1. The van der Waals surface area contributed by atoms with E-state index in [4.69, 9.17) is 16.3 Å². The molecule has 1 heterocycles. The minimum Gasteiger partial charge on any atom is -0.480 e. The van der Waals surface area contributed by atoms with Crippen molar-refractivity contribution in [1.82, 2.24) is 4.90 Å². The van der Waals surface area contributed by atoms with Gasteiger partial charge in [0.2, 0.25) is 5.91 Å². The highest BCUT2D eigenvalue weighted by Gasteiger charge is 2.48. The van der Waals surface area contributed by atoms with E-state index in [0.29, 0.717) is 18.2 Å². The van der Waals surface area contributed by atoms with Gasteiger partial charge in [-0.25, -0.2) is 4.79 Å². The fraction of sp³-hybridized carbons (Fsp3) is 0.467. The Morgan fingerprint density at radius 3 is 2.90 bits per heavy atom. The standard InChI is InChI=1S/C15H16ClNO4/c16-10-3-1-2-9(6-10)11-7-12(11)14(18)17-4-5-21-8-13(17)15(19)20/h1-3,6,11-13H,4-5,7-8H2,(H,19,20)/t11-,12-,13-/m0/s1. The Morgan fingerprint density at radius 1 is 1.38 bits per heavy atom. The second-order valence-electron chi connectivity index (χ2n) is 5.46. The van der Waals surface area contributed by atoms with Crippen molar-refractivity contribution in [3.63, 3.8) is 0 Å². The number of hydrogen-bond donors (Lipinski definition) is 1. The maximum absolute atomic E-state index is 12.5. The van der Waals surface area contributed by atoms with Crippen LogP contribution in [0.4, 0.5) is 0 Å². The van der Waals surface area contributed by atoms with Crippen LogP contribution in [0.15, 0.2) is 24.3 Å². The van der Waals surface area contributed by atoms with Gasteiger partial charge in [0, 0.05) is 17.5 Å². The summed E-state index contributed by atoms with van der Waals surface area (Å²) in [5.41, 5.74) is 1.04. The van der Waals surface area contributed by atoms with Crippen LogP contribution in [0.3, 0.4) is 0 Å². The minimum atomic E-state index is -1.01. The molecule has 0 aromatic heterocycles. The molecule has 1 aromatic rings. The maximum Gasteiger partial charge on any atom is 0.328 e. The summed E-state index contributed by atoms with van der Waals surface area (Å²) in [7, 11) is 0. The number of carboxylic acids is 1. The van der Waals surface area contributed by atoms with E-state index >= 15 is 0 Å². The Morgan fingerprint density at radius 2 is 2.19 bits per heavy atom. The fourth-order valence-corrected chi connectivity index (χ4v) is 3.06. The summed E-state index contributed by atoms with van der Waals surface area (Å²) in [6, 6.07) is 6.62. The van der Waals surface area contributed by atoms with E-state index in [1.165, 1.54) is 4.90 Å². The minimum absolute atomic E-state index is 0.0651. The number of halogens is 1. The number of hydrogen-bond acceptors (Lipinski definition) is 3. The lowest BCUT2D eigenvalue weighted by molar-refractivity contribution is -0.158. The second-order valence-corrected chi connectivity index (χ2v) is 5.90. The van der Waals surface area contributed by atoms with E-state index in [1.54, 1.807) is 6.07 Å². The highest BCUT2D eigenvalue weighted by molar-refractivity contribution is 6.30. The molecule has 2 aliphatic rings. The van der Waals surface area contributed by atoms with Crippen molar-refractivity contribution in [2.45, 2.75) is 18.4 Å². The number of carbonyl (C=O) groups is 2. The van der Waals surface area contributed by atoms with Gasteiger partial charge in [0.25, 0.3) is 0 Å². The van der Waals surface area contributed by atoms with E-state index in [9.17, 15) is 14.7 Å². The average Bonchev–Trinajstić information content (AvgIpc) is 3.27. The van der Waals surface area contributed by atoms with E-state index in [-0.39, 0.29) is 24.3 Å². The van der Waals surface area contributed by atoms with Crippen molar-refractivity contribution in [1.29, 1.82) is 0 Å². The van der Waals surface area contributed by atoms with Gasteiger partial charge in [-0.2, -0.15) is 0 Å². The van der Waals surface area contributed by atoms with Gasteiger partial charge in [0.05, 0.1) is 13.2 Å². The Hall–Kier alpha value is -1.59. The molecule has 1 aromatic carbocycles. The van der Waals surface area contributed by atoms with Crippen LogP contribution in [0, 0.1) is 5.92 Å². The predicted octanol–water partition coefficient (Wildman–Crippen LogP) is 1.76. The van der Waals surface area contributed by atoms with Gasteiger partial charge in [-0.15, -0.1) is 0 Å². The molecule has 3 atom stereocenters. The molecule has 0 unspecified atom stereocenters. The zero-order chi connectivity index (χ0) is 15.0. The summed E-state index contributed by atoms with van der Waals surface area (Å²) >= 11 is 5.97. The molecule has 1 amide bonds. The topological polar surface area (TPSA) is 66.8 Å². The van der Waals surface area contributed by atoms with Crippen molar-refractivity contribution in [3.8, 4) is 0 Å². The number of benzene rings is 1. The van der Waals surface area contributed by atoms with Crippen LogP contribution in [-0.2, 0) is 14.3 Å². The molecular formula is C15H16ClNO4. The lowest BCUT2D eigenvalue weighted by Gasteiger charge is -2.33. The fourth-order valence-electron chi connectivity index (χ4n) is 2.86. The van der Waals surface area contributed by atoms with Crippen LogP contribution in [0.25, 0.3) is 0 Å². The molecule has 1 saturated carbocycles. The first-order chi connectivity index (χ1) is 10.1. The van der Waals surface area contributed by atoms with Crippen molar-refractivity contribution in [2.75, 3.05) is 19.8 Å².